The highest BCUT2D eigenvalue weighted by Crippen LogP contribution is 2.32. The molecule has 1 rings (SSSR count). The first-order valence-corrected chi connectivity index (χ1v) is 4.51. The van der Waals surface area contributed by atoms with Gasteiger partial charge >= 0.3 is 0 Å². The monoisotopic (exact) mass is 231 g/mol. The Morgan fingerprint density at radius 1 is 1.56 bits per heavy atom. The number of carbonyl (C=O) groups is 1. The zero-order valence-electron chi connectivity index (χ0n) is 8.59. The number of ketones is 1. The van der Waals surface area contributed by atoms with Crippen molar-refractivity contribution in [1.29, 1.82) is 0 Å². The van der Waals surface area contributed by atoms with Crippen LogP contribution >= 0.6 is 0 Å². The van der Waals surface area contributed by atoms with Gasteiger partial charge in [0.05, 0.1) is 12.7 Å². The number of carbonyl (C=O) groups excluding carboxylic acids is 1. The highest BCUT2D eigenvalue weighted by molar-refractivity contribution is 5.99. The van der Waals surface area contributed by atoms with Crippen LogP contribution in [0.4, 0.5) is 8.78 Å². The van der Waals surface area contributed by atoms with Crippen molar-refractivity contribution in [2.75, 3.05) is 13.7 Å². The lowest BCUT2D eigenvalue weighted by Gasteiger charge is -2.08. The largest absolute Gasteiger partial charge is 0.504 e. The first-order valence-electron chi connectivity index (χ1n) is 4.51. The summed E-state index contributed by atoms with van der Waals surface area (Å²) in [6.45, 7) is 0.0353. The Balaban J connectivity index is 3.28. The zero-order valence-corrected chi connectivity index (χ0v) is 8.59. The molecule has 0 aliphatic heterocycles. The van der Waals surface area contributed by atoms with Gasteiger partial charge in [-0.25, -0.2) is 4.39 Å². The van der Waals surface area contributed by atoms with Gasteiger partial charge in [0, 0.05) is 6.42 Å². The van der Waals surface area contributed by atoms with Gasteiger partial charge in [-0.15, -0.1) is 0 Å². The molecule has 3 N–H and O–H groups in total. The molecule has 6 heteroatoms. The molecule has 4 nitrogen and oxygen atoms in total. The van der Waals surface area contributed by atoms with Crippen molar-refractivity contribution in [3.05, 3.63) is 23.3 Å². The van der Waals surface area contributed by atoms with Crippen LogP contribution in [0.15, 0.2) is 6.07 Å². The smallest absolute Gasteiger partial charge is 0.210 e. The van der Waals surface area contributed by atoms with Crippen molar-refractivity contribution in [1.82, 2.24) is 0 Å². The van der Waals surface area contributed by atoms with E-state index in [0.29, 0.717) is 0 Å². The molecule has 0 fully saturated rings. The fraction of sp³-hybridized carbons (Fsp3) is 0.300. The highest BCUT2D eigenvalue weighted by atomic mass is 19.1. The van der Waals surface area contributed by atoms with Crippen LogP contribution in [0.2, 0.25) is 0 Å². The first kappa shape index (κ1) is 12.4. The van der Waals surface area contributed by atoms with Crippen molar-refractivity contribution < 1.29 is 23.4 Å². The van der Waals surface area contributed by atoms with Crippen molar-refractivity contribution in [3.63, 3.8) is 0 Å². The minimum Gasteiger partial charge on any atom is -0.504 e. The molecule has 0 aliphatic rings. The summed E-state index contributed by atoms with van der Waals surface area (Å²) >= 11 is 0. The fourth-order valence-electron chi connectivity index (χ4n) is 1.26. The number of ether oxygens (including phenoxy) is 1. The number of methoxy groups -OCH3 is 1. The van der Waals surface area contributed by atoms with Crippen LogP contribution in [0.3, 0.4) is 0 Å². The SMILES string of the molecule is COc1c(F)cc(C(=O)CCN)c(O)c1F. The van der Waals surface area contributed by atoms with E-state index in [1.165, 1.54) is 0 Å². The Kier molecular flexibility index (Phi) is 3.78. The number of nitrogens with two attached hydrogens (primary N) is 1. The average molecular weight is 231 g/mol. The third-order valence-electron chi connectivity index (χ3n) is 2.03. The lowest BCUT2D eigenvalue weighted by Crippen LogP contribution is -2.09. The number of aromatic hydroxyl groups is 1. The molecule has 0 amide bonds. The maximum Gasteiger partial charge on any atom is 0.210 e. The summed E-state index contributed by atoms with van der Waals surface area (Å²) in [6.07, 6.45) is -0.0984. The van der Waals surface area contributed by atoms with Gasteiger partial charge in [-0.3, -0.25) is 4.79 Å². The van der Waals surface area contributed by atoms with Crippen molar-refractivity contribution in [2.45, 2.75) is 6.42 Å². The van der Waals surface area contributed by atoms with E-state index in [0.717, 1.165) is 13.2 Å². The second kappa shape index (κ2) is 4.89. The van der Waals surface area contributed by atoms with Gasteiger partial charge in [0.25, 0.3) is 0 Å². The number of Topliss-reactive ketones (excluding diaryl/α,β-unsaturated/α-hetero) is 1. The van der Waals surface area contributed by atoms with E-state index in [-0.39, 0.29) is 13.0 Å². The summed E-state index contributed by atoms with van der Waals surface area (Å²) in [6, 6.07) is 0.731. The molecular formula is C10H11F2NO3. The normalized spacial score (nSPS) is 10.2. The van der Waals surface area contributed by atoms with Crippen LogP contribution in [0.1, 0.15) is 16.8 Å². The molecule has 0 saturated carbocycles. The van der Waals surface area contributed by atoms with Crippen LogP contribution in [0.5, 0.6) is 11.5 Å². The molecule has 0 unspecified atom stereocenters. The van der Waals surface area contributed by atoms with E-state index in [2.05, 4.69) is 4.74 Å². The fourth-order valence-corrected chi connectivity index (χ4v) is 1.26. The Morgan fingerprint density at radius 2 is 2.19 bits per heavy atom. The summed E-state index contributed by atoms with van der Waals surface area (Å²) in [5.74, 6) is -4.60. The van der Waals surface area contributed by atoms with Crippen molar-refractivity contribution >= 4 is 5.78 Å². The molecule has 0 aromatic heterocycles. The Bertz CT molecular complexity index is 421. The number of phenols is 1. The minimum atomic E-state index is -1.29. The molecule has 0 spiro atoms. The van der Waals surface area contributed by atoms with Crippen LogP contribution in [-0.4, -0.2) is 24.5 Å². The number of rotatable bonds is 4. The van der Waals surface area contributed by atoms with Crippen LogP contribution in [0.25, 0.3) is 0 Å². The van der Waals surface area contributed by atoms with E-state index >= 15 is 0 Å². The third kappa shape index (κ3) is 2.11. The summed E-state index contributed by atoms with van der Waals surface area (Å²) in [5.41, 5.74) is 4.70. The van der Waals surface area contributed by atoms with Gasteiger partial charge in [-0.2, -0.15) is 4.39 Å². The molecule has 0 bridgehead atoms. The Morgan fingerprint density at radius 3 is 2.69 bits per heavy atom. The number of hydrogen-bond acceptors (Lipinski definition) is 4. The van der Waals surface area contributed by atoms with Gasteiger partial charge < -0.3 is 15.6 Å². The topological polar surface area (TPSA) is 72.5 Å². The van der Waals surface area contributed by atoms with E-state index in [1.54, 1.807) is 0 Å². The predicted molar refractivity (Wildman–Crippen MR) is 52.6 cm³/mol. The molecule has 0 radical (unpaired) electrons. The summed E-state index contributed by atoms with van der Waals surface area (Å²) in [7, 11) is 1.06. The van der Waals surface area contributed by atoms with Crippen molar-refractivity contribution in [2.24, 2.45) is 5.73 Å². The van der Waals surface area contributed by atoms with Crippen molar-refractivity contribution in [3.8, 4) is 11.5 Å². The summed E-state index contributed by atoms with van der Waals surface area (Å²) in [5, 5.41) is 9.35. The zero-order chi connectivity index (χ0) is 12.3. The van der Waals surface area contributed by atoms with Crippen LogP contribution in [-0.2, 0) is 0 Å². The van der Waals surface area contributed by atoms with Crippen LogP contribution in [0, 0.1) is 11.6 Å². The summed E-state index contributed by atoms with van der Waals surface area (Å²) < 4.78 is 31.0. The standard InChI is InChI=1S/C10H11F2NO3/c1-16-10-6(11)4-5(7(14)2-3-13)9(15)8(10)12/h4,15H,2-3,13H2,1H3. The number of hydrogen-bond donors (Lipinski definition) is 2. The maximum atomic E-state index is 13.3. The molecule has 88 valence electrons. The number of phenolic OH excluding ortho intramolecular Hbond substituents is 1. The van der Waals surface area contributed by atoms with E-state index in [1.807, 2.05) is 0 Å². The molecule has 16 heavy (non-hydrogen) atoms. The minimum absolute atomic E-state index is 0.0353. The molecular weight excluding hydrogens is 220 g/mol. The van der Waals surface area contributed by atoms with Gasteiger partial charge in [-0.1, -0.05) is 0 Å². The number of benzene rings is 1. The molecule has 0 atom stereocenters. The lowest BCUT2D eigenvalue weighted by molar-refractivity contribution is 0.0981. The number of halogens is 2. The van der Waals surface area contributed by atoms with E-state index in [9.17, 15) is 18.7 Å². The van der Waals surface area contributed by atoms with E-state index < -0.39 is 34.5 Å². The molecule has 0 saturated heterocycles. The molecule has 0 aliphatic carbocycles. The Hall–Kier alpha value is -1.69. The Labute approximate surface area is 90.6 Å². The molecule has 0 heterocycles. The maximum absolute atomic E-state index is 13.3. The third-order valence-corrected chi connectivity index (χ3v) is 2.03. The second-order valence-corrected chi connectivity index (χ2v) is 3.06. The highest BCUT2D eigenvalue weighted by Gasteiger charge is 2.22. The predicted octanol–water partition coefficient (Wildman–Crippen LogP) is 1.21. The van der Waals surface area contributed by atoms with Gasteiger partial charge in [0.2, 0.25) is 5.82 Å². The van der Waals surface area contributed by atoms with Crippen LogP contribution < -0.4 is 10.5 Å². The summed E-state index contributed by atoms with van der Waals surface area (Å²) in [4.78, 5) is 11.4. The molecule has 1 aromatic rings. The molecule has 1 aromatic carbocycles. The van der Waals surface area contributed by atoms with E-state index in [4.69, 9.17) is 5.73 Å². The van der Waals surface area contributed by atoms with Gasteiger partial charge in [-0.05, 0) is 12.6 Å². The second-order valence-electron chi connectivity index (χ2n) is 3.06. The first-order chi connectivity index (χ1) is 7.52. The van der Waals surface area contributed by atoms with Gasteiger partial charge in [0.15, 0.2) is 23.1 Å². The van der Waals surface area contributed by atoms with Gasteiger partial charge in [0.1, 0.15) is 0 Å². The average Bonchev–Trinajstić information content (AvgIpc) is 2.24. The lowest BCUT2D eigenvalue weighted by atomic mass is 10.1. The quantitative estimate of drug-likeness (QED) is 0.764.